The topological polar surface area (TPSA) is 77.2 Å². The molecule has 2 aromatic carbocycles. The van der Waals surface area contributed by atoms with E-state index in [1.807, 2.05) is 42.5 Å². The van der Waals surface area contributed by atoms with Crippen LogP contribution in [0, 0.1) is 6.92 Å². The molecule has 6 heteroatoms. The maximum Gasteiger partial charge on any atom is 0.258 e. The Balaban J connectivity index is 1.48. The smallest absolute Gasteiger partial charge is 0.258 e. The summed E-state index contributed by atoms with van der Waals surface area (Å²) in [5.41, 5.74) is 1.85. The van der Waals surface area contributed by atoms with Crippen molar-refractivity contribution in [2.75, 3.05) is 6.61 Å². The summed E-state index contributed by atoms with van der Waals surface area (Å²) in [7, 11) is 0. The van der Waals surface area contributed by atoms with Gasteiger partial charge in [0.2, 0.25) is 11.8 Å². The maximum absolute atomic E-state index is 11.8. The fourth-order valence-corrected chi connectivity index (χ4v) is 2.10. The lowest BCUT2D eigenvalue weighted by Gasteiger charge is -2.08. The highest BCUT2D eigenvalue weighted by Gasteiger charge is 2.07. The van der Waals surface area contributed by atoms with Crippen LogP contribution in [0.4, 0.5) is 0 Å². The quantitative estimate of drug-likeness (QED) is 0.755. The van der Waals surface area contributed by atoms with Gasteiger partial charge in [0.15, 0.2) is 6.61 Å². The average Bonchev–Trinajstić information content (AvgIpc) is 3.06. The molecule has 0 spiro atoms. The molecule has 1 aromatic heterocycles. The maximum atomic E-state index is 11.8. The van der Waals surface area contributed by atoms with Crippen molar-refractivity contribution in [3.63, 3.8) is 0 Å². The summed E-state index contributed by atoms with van der Waals surface area (Å²) in [6.45, 7) is 2.19. The van der Waals surface area contributed by atoms with Crippen LogP contribution in [-0.4, -0.2) is 22.7 Å². The lowest BCUT2D eigenvalue weighted by molar-refractivity contribution is -0.123. The van der Waals surface area contributed by atoms with E-state index in [1.165, 1.54) is 0 Å². The van der Waals surface area contributed by atoms with Crippen LogP contribution >= 0.6 is 0 Å². The van der Waals surface area contributed by atoms with Crippen LogP contribution in [0.25, 0.3) is 11.5 Å². The number of benzene rings is 2. The molecular formula is C18H17N3O3. The van der Waals surface area contributed by atoms with Crippen molar-refractivity contribution in [2.24, 2.45) is 0 Å². The number of carbonyl (C=O) groups is 1. The van der Waals surface area contributed by atoms with Gasteiger partial charge in [-0.15, -0.1) is 10.2 Å². The van der Waals surface area contributed by atoms with Gasteiger partial charge in [-0.1, -0.05) is 30.3 Å². The summed E-state index contributed by atoms with van der Waals surface area (Å²) >= 11 is 0. The molecule has 3 rings (SSSR count). The minimum absolute atomic E-state index is 0.0359. The normalized spacial score (nSPS) is 10.4. The van der Waals surface area contributed by atoms with Crippen molar-refractivity contribution < 1.29 is 13.9 Å². The number of ether oxygens (including phenoxy) is 1. The van der Waals surface area contributed by atoms with Gasteiger partial charge in [0.25, 0.3) is 5.91 Å². The Hall–Kier alpha value is -3.15. The van der Waals surface area contributed by atoms with Gasteiger partial charge < -0.3 is 14.5 Å². The van der Waals surface area contributed by atoms with Crippen molar-refractivity contribution in [1.29, 1.82) is 0 Å². The number of hydrogen-bond donors (Lipinski definition) is 1. The number of aromatic nitrogens is 2. The third kappa shape index (κ3) is 4.19. The first kappa shape index (κ1) is 15.7. The summed E-state index contributed by atoms with van der Waals surface area (Å²) in [6, 6.07) is 16.9. The molecular weight excluding hydrogens is 306 g/mol. The third-order valence-corrected chi connectivity index (χ3v) is 3.33. The molecule has 6 nitrogen and oxygen atoms in total. The van der Waals surface area contributed by atoms with Crippen LogP contribution in [0.5, 0.6) is 5.75 Å². The second kappa shape index (κ2) is 7.41. The summed E-state index contributed by atoms with van der Waals surface area (Å²) in [5, 5.41) is 10.6. The molecule has 0 aliphatic carbocycles. The van der Waals surface area contributed by atoms with E-state index in [4.69, 9.17) is 9.15 Å². The summed E-state index contributed by atoms with van der Waals surface area (Å²) in [5.74, 6) is 1.40. The number of rotatable bonds is 6. The molecule has 0 atom stereocenters. The Bertz CT molecular complexity index is 798. The number of hydrogen-bond acceptors (Lipinski definition) is 5. The van der Waals surface area contributed by atoms with Gasteiger partial charge in [-0.3, -0.25) is 4.79 Å². The number of amides is 1. The number of aryl methyl sites for hydroxylation is 1. The number of nitrogens with one attached hydrogen (secondary N) is 1. The largest absolute Gasteiger partial charge is 0.484 e. The van der Waals surface area contributed by atoms with E-state index in [-0.39, 0.29) is 12.5 Å². The van der Waals surface area contributed by atoms with Crippen molar-refractivity contribution in [2.45, 2.75) is 13.5 Å². The standard InChI is InChI=1S/C18H17N3O3/c1-13-20-21-18(24-13)15-7-9-16(10-8-15)23-12-17(22)19-11-14-5-3-2-4-6-14/h2-10H,11-12H2,1H3,(H,19,22). The van der Waals surface area contributed by atoms with Gasteiger partial charge in [-0.05, 0) is 29.8 Å². The monoisotopic (exact) mass is 323 g/mol. The molecule has 1 N–H and O–H groups in total. The minimum Gasteiger partial charge on any atom is -0.484 e. The molecule has 0 saturated heterocycles. The van der Waals surface area contributed by atoms with Gasteiger partial charge in [0.1, 0.15) is 5.75 Å². The first-order chi connectivity index (χ1) is 11.7. The Labute approximate surface area is 139 Å². The summed E-state index contributed by atoms with van der Waals surface area (Å²) in [4.78, 5) is 11.8. The fourth-order valence-electron chi connectivity index (χ4n) is 2.10. The second-order valence-corrected chi connectivity index (χ2v) is 5.20. The molecule has 0 fully saturated rings. The molecule has 0 saturated carbocycles. The van der Waals surface area contributed by atoms with Crippen LogP contribution in [0.2, 0.25) is 0 Å². The molecule has 1 amide bonds. The van der Waals surface area contributed by atoms with Crippen LogP contribution in [0.15, 0.2) is 59.0 Å². The molecule has 24 heavy (non-hydrogen) atoms. The molecule has 0 radical (unpaired) electrons. The van der Waals surface area contributed by atoms with E-state index in [0.29, 0.717) is 24.1 Å². The zero-order valence-electron chi connectivity index (χ0n) is 13.2. The van der Waals surface area contributed by atoms with E-state index >= 15 is 0 Å². The van der Waals surface area contributed by atoms with Crippen LogP contribution < -0.4 is 10.1 Å². The van der Waals surface area contributed by atoms with Crippen LogP contribution in [-0.2, 0) is 11.3 Å². The van der Waals surface area contributed by atoms with Gasteiger partial charge in [0.05, 0.1) is 0 Å². The van der Waals surface area contributed by atoms with E-state index in [9.17, 15) is 4.79 Å². The van der Waals surface area contributed by atoms with E-state index in [0.717, 1.165) is 11.1 Å². The molecule has 0 aliphatic heterocycles. The Morgan fingerprint density at radius 2 is 1.83 bits per heavy atom. The van der Waals surface area contributed by atoms with Crippen LogP contribution in [0.3, 0.4) is 0 Å². The minimum atomic E-state index is -0.171. The van der Waals surface area contributed by atoms with E-state index in [2.05, 4.69) is 15.5 Å². The van der Waals surface area contributed by atoms with Gasteiger partial charge in [0, 0.05) is 19.0 Å². The molecule has 1 heterocycles. The molecule has 0 bridgehead atoms. The average molecular weight is 323 g/mol. The molecule has 3 aromatic rings. The summed E-state index contributed by atoms with van der Waals surface area (Å²) < 4.78 is 10.8. The van der Waals surface area contributed by atoms with Gasteiger partial charge in [-0.2, -0.15) is 0 Å². The van der Waals surface area contributed by atoms with Gasteiger partial charge >= 0.3 is 0 Å². The SMILES string of the molecule is Cc1nnc(-c2ccc(OCC(=O)NCc3ccccc3)cc2)o1. The molecule has 122 valence electrons. The van der Waals surface area contributed by atoms with Crippen molar-refractivity contribution in [1.82, 2.24) is 15.5 Å². The lowest BCUT2D eigenvalue weighted by Crippen LogP contribution is -2.28. The lowest BCUT2D eigenvalue weighted by atomic mass is 10.2. The second-order valence-electron chi connectivity index (χ2n) is 5.20. The zero-order valence-corrected chi connectivity index (χ0v) is 13.2. The van der Waals surface area contributed by atoms with E-state index in [1.54, 1.807) is 19.1 Å². The number of nitrogens with zero attached hydrogens (tertiary/aromatic N) is 2. The Morgan fingerprint density at radius 1 is 1.08 bits per heavy atom. The highest BCUT2D eigenvalue weighted by Crippen LogP contribution is 2.21. The highest BCUT2D eigenvalue weighted by molar-refractivity contribution is 5.77. The molecule has 0 unspecified atom stereocenters. The van der Waals surface area contributed by atoms with Crippen molar-refractivity contribution in [3.8, 4) is 17.2 Å². The van der Waals surface area contributed by atoms with E-state index < -0.39 is 0 Å². The third-order valence-electron chi connectivity index (χ3n) is 3.33. The number of carbonyl (C=O) groups excluding carboxylic acids is 1. The fraction of sp³-hybridized carbons (Fsp3) is 0.167. The first-order valence-electron chi connectivity index (χ1n) is 7.55. The zero-order chi connectivity index (χ0) is 16.8. The van der Waals surface area contributed by atoms with Gasteiger partial charge in [-0.25, -0.2) is 0 Å². The highest BCUT2D eigenvalue weighted by atomic mass is 16.5. The first-order valence-corrected chi connectivity index (χ1v) is 7.55. The predicted octanol–water partition coefficient (Wildman–Crippen LogP) is 2.74. The Morgan fingerprint density at radius 3 is 2.50 bits per heavy atom. The summed E-state index contributed by atoms with van der Waals surface area (Å²) in [6.07, 6.45) is 0. The van der Waals surface area contributed by atoms with Crippen molar-refractivity contribution in [3.05, 3.63) is 66.1 Å². The predicted molar refractivity (Wildman–Crippen MR) is 88.3 cm³/mol. The van der Waals surface area contributed by atoms with Crippen molar-refractivity contribution >= 4 is 5.91 Å². The van der Waals surface area contributed by atoms with Crippen LogP contribution in [0.1, 0.15) is 11.5 Å². The molecule has 0 aliphatic rings. The Kier molecular flexibility index (Phi) is 4.86.